The van der Waals surface area contributed by atoms with Crippen LogP contribution < -0.4 is 5.32 Å². The minimum Gasteiger partial charge on any atom is -0.456 e. The van der Waals surface area contributed by atoms with Crippen molar-refractivity contribution < 1.29 is 63.3 Å². The third-order valence-corrected chi connectivity index (χ3v) is 12.8. The van der Waals surface area contributed by atoms with Gasteiger partial charge in [-0.05, 0) is 70.4 Å². The third-order valence-electron chi connectivity index (χ3n) is 12.8. The van der Waals surface area contributed by atoms with E-state index in [9.17, 15) is 39.6 Å². The maximum atomic E-state index is 15.0. The van der Waals surface area contributed by atoms with Crippen LogP contribution >= 0.6 is 0 Å². The Hall–Kier alpha value is -4.02. The van der Waals surface area contributed by atoms with Gasteiger partial charge in [0.1, 0.15) is 36.2 Å². The van der Waals surface area contributed by atoms with E-state index in [1.54, 1.807) is 76.2 Å². The topological polar surface area (TPSA) is 207 Å². The summed E-state index contributed by atoms with van der Waals surface area (Å²) in [6.45, 7) is 14.4. The van der Waals surface area contributed by atoms with Crippen molar-refractivity contribution >= 4 is 23.7 Å². The molecular weight excluding hydrogens is 750 g/mol. The molecule has 14 nitrogen and oxygen atoms in total. The van der Waals surface area contributed by atoms with Gasteiger partial charge in [-0.1, -0.05) is 62.4 Å². The molecule has 4 aliphatic rings. The summed E-state index contributed by atoms with van der Waals surface area (Å²) in [6.07, 6.45) is -10.7. The standard InChI is InChI=1S/C44H57NO13/c1-23-28(55-39(52)34(49)32(26-16-12-10-13-17-26)45-24(2)57-40(4,5)6)21-44(53)37(56-38(51)27-18-14-11-15-19-27)35-42(9,36(50)33(48)31(23)41(44,7)8)29(47)20-30-43(35,22-54-30)58-25(3)46/h10-19,24,28-30,32-35,37,45,47-49,53H,20-22H2,1-9H3/t24?,28-,29-,30+,32-,33+,34+,35-,37-,42+,43-,44+/m0/s1. The van der Waals surface area contributed by atoms with Gasteiger partial charge in [0.15, 0.2) is 17.5 Å². The summed E-state index contributed by atoms with van der Waals surface area (Å²) in [5, 5.41) is 52.5. The van der Waals surface area contributed by atoms with Crippen molar-refractivity contribution in [2.45, 2.75) is 141 Å². The predicted molar refractivity (Wildman–Crippen MR) is 208 cm³/mol. The zero-order chi connectivity index (χ0) is 42.7. The highest BCUT2D eigenvalue weighted by atomic mass is 16.6. The molecule has 12 atom stereocenters. The van der Waals surface area contributed by atoms with Crippen LogP contribution in [0.2, 0.25) is 0 Å². The van der Waals surface area contributed by atoms with Crippen LogP contribution in [-0.2, 0) is 38.1 Å². The van der Waals surface area contributed by atoms with Crippen LogP contribution in [0.25, 0.3) is 0 Å². The molecule has 1 aliphatic heterocycles. The van der Waals surface area contributed by atoms with Crippen molar-refractivity contribution in [1.29, 1.82) is 0 Å². The molecule has 6 rings (SSSR count). The number of esters is 3. The lowest BCUT2D eigenvalue weighted by molar-refractivity contribution is -0.346. The minimum absolute atomic E-state index is 0.00960. The lowest BCUT2D eigenvalue weighted by Gasteiger charge is -2.67. The van der Waals surface area contributed by atoms with E-state index in [-0.39, 0.29) is 29.7 Å². The molecule has 14 heteroatoms. The number of rotatable bonds is 10. The molecular formula is C44H57NO13. The molecule has 0 spiro atoms. The van der Waals surface area contributed by atoms with E-state index in [2.05, 4.69) is 5.32 Å². The van der Waals surface area contributed by atoms with Gasteiger partial charge in [0, 0.05) is 25.2 Å². The molecule has 316 valence electrons. The second-order valence-electron chi connectivity index (χ2n) is 18.0. The number of hydrogen-bond donors (Lipinski definition) is 5. The van der Waals surface area contributed by atoms with Gasteiger partial charge in [0.2, 0.25) is 0 Å². The molecule has 2 aromatic carbocycles. The smallest absolute Gasteiger partial charge is 0.338 e. The van der Waals surface area contributed by atoms with Crippen molar-refractivity contribution in [2.24, 2.45) is 16.7 Å². The minimum atomic E-state index is -2.30. The molecule has 2 saturated carbocycles. The number of nitrogens with one attached hydrogen (secondary N) is 1. The molecule has 3 fully saturated rings. The average Bonchev–Trinajstić information content (AvgIpc) is 3.14. The van der Waals surface area contributed by atoms with Gasteiger partial charge in [-0.3, -0.25) is 14.9 Å². The molecule has 0 radical (unpaired) electrons. The highest BCUT2D eigenvalue weighted by Crippen LogP contribution is 2.64. The van der Waals surface area contributed by atoms with Gasteiger partial charge >= 0.3 is 17.9 Å². The summed E-state index contributed by atoms with van der Waals surface area (Å²) in [6, 6.07) is 15.7. The highest BCUT2D eigenvalue weighted by molar-refractivity contribution is 5.94. The van der Waals surface area contributed by atoms with Crippen LogP contribution in [0, 0.1) is 16.7 Å². The number of carbonyl (C=O) groups excluding carboxylic acids is 4. The van der Waals surface area contributed by atoms with E-state index in [1.165, 1.54) is 26.0 Å². The van der Waals surface area contributed by atoms with E-state index in [0.29, 0.717) is 5.56 Å². The van der Waals surface area contributed by atoms with Crippen LogP contribution in [0.4, 0.5) is 0 Å². The Labute approximate surface area is 338 Å². The van der Waals surface area contributed by atoms with Crippen molar-refractivity contribution in [1.82, 2.24) is 5.32 Å². The van der Waals surface area contributed by atoms with E-state index in [0.717, 1.165) is 0 Å². The Morgan fingerprint density at radius 2 is 1.57 bits per heavy atom. The second kappa shape index (κ2) is 15.5. The summed E-state index contributed by atoms with van der Waals surface area (Å²) in [4.78, 5) is 56.2. The quantitative estimate of drug-likeness (QED) is 0.101. The molecule has 3 aliphatic carbocycles. The maximum Gasteiger partial charge on any atom is 0.338 e. The largest absolute Gasteiger partial charge is 0.456 e. The van der Waals surface area contributed by atoms with Gasteiger partial charge in [0.05, 0.1) is 41.3 Å². The van der Waals surface area contributed by atoms with Crippen LogP contribution in [-0.4, -0.2) is 110 Å². The third kappa shape index (κ3) is 7.31. The summed E-state index contributed by atoms with van der Waals surface area (Å²) >= 11 is 0. The van der Waals surface area contributed by atoms with Crippen molar-refractivity contribution in [2.75, 3.05) is 6.61 Å². The van der Waals surface area contributed by atoms with Crippen LogP contribution in [0.3, 0.4) is 0 Å². The van der Waals surface area contributed by atoms with E-state index < -0.39 is 113 Å². The van der Waals surface area contributed by atoms with Crippen molar-refractivity contribution in [3.05, 3.63) is 82.9 Å². The molecule has 58 heavy (non-hydrogen) atoms. The van der Waals surface area contributed by atoms with Crippen LogP contribution in [0.1, 0.15) is 97.1 Å². The fourth-order valence-electron chi connectivity index (χ4n) is 9.97. The molecule has 5 N–H and O–H groups in total. The Bertz CT molecular complexity index is 1930. The molecule has 2 bridgehead atoms. The molecule has 2 aromatic rings. The van der Waals surface area contributed by atoms with Crippen LogP contribution in [0.5, 0.6) is 0 Å². The zero-order valence-corrected chi connectivity index (χ0v) is 34.6. The second-order valence-corrected chi connectivity index (χ2v) is 18.0. The number of ketones is 1. The van der Waals surface area contributed by atoms with Crippen LogP contribution in [0.15, 0.2) is 71.8 Å². The monoisotopic (exact) mass is 807 g/mol. The molecule has 1 saturated heterocycles. The summed E-state index contributed by atoms with van der Waals surface area (Å²) in [7, 11) is 0. The van der Waals surface area contributed by atoms with Crippen molar-refractivity contribution in [3.8, 4) is 0 Å². The molecule has 1 heterocycles. The predicted octanol–water partition coefficient (Wildman–Crippen LogP) is 3.49. The lowest BCUT2D eigenvalue weighted by atomic mass is 9.44. The number of aliphatic hydroxyl groups is 4. The summed E-state index contributed by atoms with van der Waals surface area (Å²) in [5.74, 6) is -5.08. The average molecular weight is 808 g/mol. The summed E-state index contributed by atoms with van der Waals surface area (Å²) in [5.41, 5.74) is -7.25. The number of hydrogen-bond acceptors (Lipinski definition) is 14. The lowest BCUT2D eigenvalue weighted by Crippen LogP contribution is -2.81. The Morgan fingerprint density at radius 3 is 2.12 bits per heavy atom. The first-order valence-electron chi connectivity index (χ1n) is 19.8. The number of fused-ring (bicyclic) bond motifs is 5. The molecule has 0 aromatic heterocycles. The number of ether oxygens (including phenoxy) is 5. The molecule has 1 unspecified atom stereocenters. The number of aliphatic hydroxyl groups excluding tert-OH is 3. The fourth-order valence-corrected chi connectivity index (χ4v) is 9.97. The zero-order valence-electron chi connectivity index (χ0n) is 34.6. The van der Waals surface area contributed by atoms with Gasteiger partial charge < -0.3 is 44.1 Å². The van der Waals surface area contributed by atoms with E-state index in [1.807, 2.05) is 20.8 Å². The van der Waals surface area contributed by atoms with Gasteiger partial charge in [-0.2, -0.15) is 0 Å². The fraction of sp³-hybridized carbons (Fsp3) is 0.591. The van der Waals surface area contributed by atoms with Gasteiger partial charge in [-0.15, -0.1) is 0 Å². The van der Waals surface area contributed by atoms with Gasteiger partial charge in [-0.25, -0.2) is 9.59 Å². The number of carbonyl (C=O) groups is 4. The Kier molecular flexibility index (Phi) is 11.7. The first-order chi connectivity index (χ1) is 27.0. The number of Topliss-reactive ketones (excluding diaryl/α,β-unsaturated/α-hetero) is 1. The van der Waals surface area contributed by atoms with Gasteiger partial charge in [0.25, 0.3) is 0 Å². The van der Waals surface area contributed by atoms with E-state index >= 15 is 0 Å². The van der Waals surface area contributed by atoms with Crippen molar-refractivity contribution in [3.63, 3.8) is 0 Å². The Balaban J connectivity index is 1.48. The summed E-state index contributed by atoms with van der Waals surface area (Å²) < 4.78 is 30.3. The normalized spacial score (nSPS) is 34.5. The molecule has 0 amide bonds. The SMILES string of the molecule is CC(=O)O[C@@]12CO[C@@H]1C[C@H](O)[C@@]1(C)C(=O)[C@H](O)C3=C(C)[C@@H](OC(=O)[C@H](O)[C@@H](NC(C)OC(C)(C)C)c4ccccc4)C[C@@](O)([C@@H](OC(=O)c4ccccc4)[C@H]21)C3(C)C. The maximum absolute atomic E-state index is 15.0. The number of benzene rings is 2. The highest BCUT2D eigenvalue weighted by Gasteiger charge is 2.78. The van der Waals surface area contributed by atoms with E-state index in [4.69, 9.17) is 23.7 Å². The first-order valence-corrected chi connectivity index (χ1v) is 19.8. The Morgan fingerprint density at radius 1 is 0.966 bits per heavy atom. The first kappa shape index (κ1) is 43.6.